The van der Waals surface area contributed by atoms with E-state index in [0.29, 0.717) is 28.6 Å². The van der Waals surface area contributed by atoms with Gasteiger partial charge in [-0.3, -0.25) is 9.59 Å². The van der Waals surface area contributed by atoms with E-state index < -0.39 is 6.10 Å². The number of nitrogens with one attached hydrogen (secondary N) is 1. The molecule has 2 aromatic rings. The van der Waals surface area contributed by atoms with E-state index in [1.807, 2.05) is 0 Å². The molecule has 7 heteroatoms. The zero-order valence-corrected chi connectivity index (χ0v) is 14.0. The number of carbonyl (C=O) groups excluding carboxylic acids is 2. The fraction of sp³-hybridized carbons (Fsp3) is 0.353. The monoisotopic (exact) mass is 329 g/mol. The normalized spacial score (nSPS) is 16.6. The Labute approximate surface area is 139 Å². The number of fused-ring (bicyclic) bond motifs is 1. The Bertz CT molecular complexity index is 793. The number of hydrogen-bond donors (Lipinski definition) is 1. The fourth-order valence-electron chi connectivity index (χ4n) is 2.71. The molecule has 0 saturated heterocycles. The minimum atomic E-state index is -0.512. The van der Waals surface area contributed by atoms with Gasteiger partial charge in [0.25, 0.3) is 5.91 Å². The van der Waals surface area contributed by atoms with Crippen molar-refractivity contribution >= 4 is 23.2 Å². The van der Waals surface area contributed by atoms with Crippen molar-refractivity contribution in [1.82, 2.24) is 5.16 Å². The molecule has 0 fully saturated rings. The summed E-state index contributed by atoms with van der Waals surface area (Å²) >= 11 is 0. The number of rotatable bonds is 3. The van der Waals surface area contributed by atoms with E-state index in [1.165, 1.54) is 4.90 Å². The van der Waals surface area contributed by atoms with Crippen LogP contribution in [0.2, 0.25) is 0 Å². The highest BCUT2D eigenvalue weighted by molar-refractivity contribution is 6.01. The standard InChI is InChI=1S/C17H19N3O4/c1-9-13(10(2)24-19-9)8-16(21)18-12-5-6-15-14(7-12)20(4)17(22)11(3)23-15/h5-7,11H,8H2,1-4H3,(H,18,21)/t11-/m0/s1. The molecule has 1 atom stereocenters. The number of hydrogen-bond acceptors (Lipinski definition) is 5. The predicted octanol–water partition coefficient (Wildman–Crippen LogP) is 2.22. The van der Waals surface area contributed by atoms with E-state index >= 15 is 0 Å². The Morgan fingerprint density at radius 2 is 2.12 bits per heavy atom. The van der Waals surface area contributed by atoms with Gasteiger partial charge in [0.05, 0.1) is 17.8 Å². The van der Waals surface area contributed by atoms with Gasteiger partial charge < -0.3 is 19.5 Å². The van der Waals surface area contributed by atoms with E-state index in [0.717, 1.165) is 5.56 Å². The molecule has 1 aliphatic heterocycles. The zero-order chi connectivity index (χ0) is 17.4. The van der Waals surface area contributed by atoms with Crippen molar-refractivity contribution in [2.45, 2.75) is 33.3 Å². The molecule has 0 aliphatic carbocycles. The van der Waals surface area contributed by atoms with Crippen LogP contribution in [0.15, 0.2) is 22.7 Å². The first-order valence-corrected chi connectivity index (χ1v) is 7.66. The van der Waals surface area contributed by atoms with Gasteiger partial charge in [-0.1, -0.05) is 5.16 Å². The molecule has 7 nitrogen and oxygen atoms in total. The summed E-state index contributed by atoms with van der Waals surface area (Å²) in [5, 5.41) is 6.67. The lowest BCUT2D eigenvalue weighted by molar-refractivity contribution is -0.125. The van der Waals surface area contributed by atoms with Crippen LogP contribution in [0.5, 0.6) is 5.75 Å². The highest BCUT2D eigenvalue weighted by Gasteiger charge is 2.29. The molecule has 0 spiro atoms. The van der Waals surface area contributed by atoms with Crippen molar-refractivity contribution in [2.75, 3.05) is 17.3 Å². The first-order chi connectivity index (χ1) is 11.4. The van der Waals surface area contributed by atoms with Crippen LogP contribution in [0.3, 0.4) is 0 Å². The number of carbonyl (C=O) groups is 2. The number of nitrogens with zero attached hydrogens (tertiary/aromatic N) is 2. The average molecular weight is 329 g/mol. The maximum absolute atomic E-state index is 12.3. The summed E-state index contributed by atoms with van der Waals surface area (Å²) in [6.07, 6.45) is -0.330. The molecule has 126 valence electrons. The smallest absolute Gasteiger partial charge is 0.267 e. The maximum Gasteiger partial charge on any atom is 0.267 e. The summed E-state index contributed by atoms with van der Waals surface area (Å²) in [5.74, 6) is 0.958. The van der Waals surface area contributed by atoms with Crippen LogP contribution in [0.1, 0.15) is 23.9 Å². The second kappa shape index (κ2) is 5.99. The zero-order valence-electron chi connectivity index (χ0n) is 14.0. The molecule has 0 saturated carbocycles. The minimum absolute atomic E-state index is 0.123. The van der Waals surface area contributed by atoms with Gasteiger partial charge in [-0.25, -0.2) is 0 Å². The number of amides is 2. The number of likely N-dealkylation sites (N-methyl/N-ethyl adjacent to an activating group) is 1. The average Bonchev–Trinajstić information content (AvgIpc) is 2.85. The van der Waals surface area contributed by atoms with Gasteiger partial charge in [0.15, 0.2) is 6.10 Å². The van der Waals surface area contributed by atoms with Gasteiger partial charge in [0, 0.05) is 18.3 Å². The van der Waals surface area contributed by atoms with Crippen molar-refractivity contribution in [2.24, 2.45) is 0 Å². The topological polar surface area (TPSA) is 84.7 Å². The van der Waals surface area contributed by atoms with Crippen molar-refractivity contribution < 1.29 is 18.8 Å². The first kappa shape index (κ1) is 16.0. The lowest BCUT2D eigenvalue weighted by Gasteiger charge is -2.30. The Balaban J connectivity index is 1.77. The van der Waals surface area contributed by atoms with Gasteiger partial charge in [-0.15, -0.1) is 0 Å². The third kappa shape index (κ3) is 2.84. The maximum atomic E-state index is 12.3. The first-order valence-electron chi connectivity index (χ1n) is 7.66. The summed E-state index contributed by atoms with van der Waals surface area (Å²) in [7, 11) is 1.69. The van der Waals surface area contributed by atoms with Gasteiger partial charge in [-0.2, -0.15) is 0 Å². The molecule has 2 amide bonds. The molecule has 24 heavy (non-hydrogen) atoms. The molecule has 1 aliphatic rings. The highest BCUT2D eigenvalue weighted by atomic mass is 16.5. The Morgan fingerprint density at radius 1 is 1.38 bits per heavy atom. The quantitative estimate of drug-likeness (QED) is 0.933. The summed E-state index contributed by atoms with van der Waals surface area (Å²) in [4.78, 5) is 25.8. The molecule has 1 aromatic carbocycles. The van der Waals surface area contributed by atoms with E-state index in [1.54, 1.807) is 46.0 Å². The molecular weight excluding hydrogens is 310 g/mol. The van der Waals surface area contributed by atoms with E-state index in [2.05, 4.69) is 10.5 Å². The molecule has 1 aromatic heterocycles. The van der Waals surface area contributed by atoms with Gasteiger partial charge >= 0.3 is 0 Å². The van der Waals surface area contributed by atoms with E-state index in [-0.39, 0.29) is 18.2 Å². The second-order valence-corrected chi connectivity index (χ2v) is 5.87. The van der Waals surface area contributed by atoms with Crippen molar-refractivity contribution in [3.8, 4) is 5.75 Å². The summed E-state index contributed by atoms with van der Waals surface area (Å²) in [5.41, 5.74) is 2.73. The molecule has 1 N–H and O–H groups in total. The van der Waals surface area contributed by atoms with Crippen LogP contribution < -0.4 is 15.0 Å². The summed E-state index contributed by atoms with van der Waals surface area (Å²) in [6, 6.07) is 5.23. The van der Waals surface area contributed by atoms with Crippen molar-refractivity contribution in [3.05, 3.63) is 35.2 Å². The van der Waals surface area contributed by atoms with E-state index in [4.69, 9.17) is 9.26 Å². The Kier molecular flexibility index (Phi) is 4.01. The van der Waals surface area contributed by atoms with Crippen LogP contribution >= 0.6 is 0 Å². The third-order valence-corrected chi connectivity index (χ3v) is 4.10. The molecule has 3 rings (SSSR count). The molecule has 0 radical (unpaired) electrons. The van der Waals surface area contributed by atoms with Crippen LogP contribution in [-0.2, 0) is 16.0 Å². The van der Waals surface area contributed by atoms with Crippen molar-refractivity contribution in [3.63, 3.8) is 0 Å². The lowest BCUT2D eigenvalue weighted by Crippen LogP contribution is -2.42. The van der Waals surface area contributed by atoms with Crippen LogP contribution in [-0.4, -0.2) is 30.1 Å². The number of aromatic nitrogens is 1. The van der Waals surface area contributed by atoms with Gasteiger partial charge in [-0.05, 0) is 39.0 Å². The van der Waals surface area contributed by atoms with Crippen LogP contribution in [0.25, 0.3) is 0 Å². The number of aryl methyl sites for hydroxylation is 2. The molecular formula is C17H19N3O4. The largest absolute Gasteiger partial charge is 0.479 e. The van der Waals surface area contributed by atoms with Gasteiger partial charge in [0.2, 0.25) is 5.91 Å². The SMILES string of the molecule is Cc1noc(C)c1CC(=O)Nc1ccc2c(c1)N(C)C(=O)[C@H](C)O2. The summed E-state index contributed by atoms with van der Waals surface area (Å²) in [6.45, 7) is 5.29. The number of benzene rings is 1. The second-order valence-electron chi connectivity index (χ2n) is 5.87. The minimum Gasteiger partial charge on any atom is -0.479 e. The van der Waals surface area contributed by atoms with Gasteiger partial charge in [0.1, 0.15) is 11.5 Å². The number of anilines is 2. The third-order valence-electron chi connectivity index (χ3n) is 4.10. The van der Waals surface area contributed by atoms with Crippen LogP contribution in [0.4, 0.5) is 11.4 Å². The number of ether oxygens (including phenoxy) is 1. The predicted molar refractivity (Wildman–Crippen MR) is 88.3 cm³/mol. The molecule has 2 heterocycles. The Hall–Kier alpha value is -2.83. The van der Waals surface area contributed by atoms with E-state index in [9.17, 15) is 9.59 Å². The lowest BCUT2D eigenvalue weighted by atomic mass is 10.1. The van der Waals surface area contributed by atoms with Crippen LogP contribution in [0, 0.1) is 13.8 Å². The molecule has 0 bridgehead atoms. The molecule has 0 unspecified atom stereocenters. The highest BCUT2D eigenvalue weighted by Crippen LogP contribution is 2.35. The van der Waals surface area contributed by atoms with Crippen molar-refractivity contribution in [1.29, 1.82) is 0 Å². The fourth-order valence-corrected chi connectivity index (χ4v) is 2.71. The Morgan fingerprint density at radius 3 is 2.79 bits per heavy atom. The summed E-state index contributed by atoms with van der Waals surface area (Å²) < 4.78 is 10.6.